The Balaban J connectivity index is 0.00000392. The zero-order valence-corrected chi connectivity index (χ0v) is 19.6. The lowest BCUT2D eigenvalue weighted by Crippen LogP contribution is -2.41. The maximum absolute atomic E-state index is 12.3. The molecule has 2 rings (SSSR count). The highest BCUT2D eigenvalue weighted by Crippen LogP contribution is 2.18. The summed E-state index contributed by atoms with van der Waals surface area (Å²) >= 11 is 0. The minimum absolute atomic E-state index is 0. The lowest BCUT2D eigenvalue weighted by atomic mass is 9.95. The molecule has 1 atom stereocenters. The molecule has 1 unspecified atom stereocenters. The summed E-state index contributed by atoms with van der Waals surface area (Å²) in [4.78, 5) is 18.8. The number of aliphatic hydroxyl groups is 1. The summed E-state index contributed by atoms with van der Waals surface area (Å²) in [6, 6.07) is 10.3. The summed E-state index contributed by atoms with van der Waals surface area (Å²) in [5.41, 5.74) is 1.03. The molecule has 1 aliphatic rings. The highest BCUT2D eigenvalue weighted by atomic mass is 127. The minimum Gasteiger partial charge on any atom is -0.396 e. The molecule has 0 aliphatic carbocycles. The first-order chi connectivity index (χ1) is 12.9. The van der Waals surface area contributed by atoms with Crippen molar-refractivity contribution in [2.45, 2.75) is 33.6 Å². The van der Waals surface area contributed by atoms with E-state index >= 15 is 0 Å². The van der Waals surface area contributed by atoms with Crippen LogP contribution in [0.2, 0.25) is 0 Å². The molecule has 158 valence electrons. The van der Waals surface area contributed by atoms with Gasteiger partial charge in [0.2, 0.25) is 5.91 Å². The molecule has 6 nitrogen and oxygen atoms in total. The molecule has 0 radical (unpaired) electrons. The van der Waals surface area contributed by atoms with Gasteiger partial charge in [-0.15, -0.1) is 24.0 Å². The number of likely N-dealkylation sites (tertiary alicyclic amines) is 1. The number of carbonyl (C=O) groups is 1. The lowest BCUT2D eigenvalue weighted by molar-refractivity contribution is -0.127. The van der Waals surface area contributed by atoms with E-state index in [1.54, 1.807) is 0 Å². The number of amides is 1. The van der Waals surface area contributed by atoms with Crippen molar-refractivity contribution >= 4 is 35.8 Å². The molecular formula is C21H35IN4O2. The molecule has 1 aromatic rings. The number of benzene rings is 1. The number of aliphatic hydroxyl groups excluding tert-OH is 1. The smallest absolute Gasteiger partial charge is 0.223 e. The minimum atomic E-state index is -0.236. The molecule has 0 aromatic heterocycles. The van der Waals surface area contributed by atoms with E-state index in [0.29, 0.717) is 18.9 Å². The highest BCUT2D eigenvalue weighted by Gasteiger charge is 2.29. The molecule has 1 aromatic carbocycles. The molecule has 3 N–H and O–H groups in total. The van der Waals surface area contributed by atoms with Crippen molar-refractivity contribution in [3.05, 3.63) is 35.9 Å². The average molecular weight is 502 g/mol. The molecule has 1 saturated heterocycles. The summed E-state index contributed by atoms with van der Waals surface area (Å²) in [6.07, 6.45) is 1.48. The van der Waals surface area contributed by atoms with Crippen molar-refractivity contribution in [3.63, 3.8) is 0 Å². The lowest BCUT2D eigenvalue weighted by Gasteiger charge is -2.21. The fourth-order valence-electron chi connectivity index (χ4n) is 3.04. The van der Waals surface area contributed by atoms with Gasteiger partial charge in [0.1, 0.15) is 0 Å². The number of halogens is 1. The Morgan fingerprint density at radius 2 is 2.00 bits per heavy atom. The quantitative estimate of drug-likeness (QED) is 0.275. The summed E-state index contributed by atoms with van der Waals surface area (Å²) in [6.45, 7) is 9.71. The first-order valence-corrected chi connectivity index (χ1v) is 9.88. The number of nitrogens with one attached hydrogen (secondary N) is 2. The second-order valence-corrected chi connectivity index (χ2v) is 8.04. The Morgan fingerprint density at radius 1 is 1.29 bits per heavy atom. The van der Waals surface area contributed by atoms with Crippen molar-refractivity contribution in [1.29, 1.82) is 0 Å². The second kappa shape index (κ2) is 12.3. The van der Waals surface area contributed by atoms with Crippen molar-refractivity contribution in [3.8, 4) is 0 Å². The molecule has 1 aliphatic heterocycles. The van der Waals surface area contributed by atoms with Crippen LogP contribution in [0.5, 0.6) is 0 Å². The van der Waals surface area contributed by atoms with Crippen molar-refractivity contribution in [1.82, 2.24) is 15.5 Å². The summed E-state index contributed by atoms with van der Waals surface area (Å²) in [7, 11) is 0. The number of aliphatic imine (C=N–C) groups is 1. The third kappa shape index (κ3) is 8.34. The fourth-order valence-corrected chi connectivity index (χ4v) is 3.04. The number of guanidine groups is 1. The molecular weight excluding hydrogens is 467 g/mol. The average Bonchev–Trinajstić information content (AvgIpc) is 3.03. The first kappa shape index (κ1) is 24.7. The van der Waals surface area contributed by atoms with Gasteiger partial charge >= 0.3 is 0 Å². The van der Waals surface area contributed by atoms with Crippen LogP contribution in [-0.2, 0) is 11.2 Å². The standard InChI is InChI=1S/C21H34N4O2.HI/c1-4-22-20(24-15-21(2,3)16-26)23-13-18-12-19(27)25(14-18)11-10-17-8-6-5-7-9-17;/h5-9,18,26H,4,10-16H2,1-3H3,(H2,22,23,24);1H. The normalized spacial score (nSPS) is 17.4. The molecule has 0 bridgehead atoms. The molecule has 7 heteroatoms. The summed E-state index contributed by atoms with van der Waals surface area (Å²) < 4.78 is 0. The third-order valence-corrected chi connectivity index (χ3v) is 4.80. The predicted octanol–water partition coefficient (Wildman–Crippen LogP) is 2.27. The van der Waals surface area contributed by atoms with Gasteiger partial charge < -0.3 is 20.6 Å². The van der Waals surface area contributed by atoms with E-state index in [9.17, 15) is 9.90 Å². The Morgan fingerprint density at radius 3 is 2.64 bits per heavy atom. The van der Waals surface area contributed by atoms with E-state index in [4.69, 9.17) is 0 Å². The molecule has 0 spiro atoms. The number of hydrogen-bond donors (Lipinski definition) is 3. The Bertz CT molecular complexity index is 622. The molecule has 0 saturated carbocycles. The van der Waals surface area contributed by atoms with Crippen LogP contribution in [-0.4, -0.2) is 61.2 Å². The van der Waals surface area contributed by atoms with Gasteiger partial charge in [-0.05, 0) is 18.9 Å². The van der Waals surface area contributed by atoms with Crippen molar-refractivity contribution in [2.75, 3.05) is 39.3 Å². The summed E-state index contributed by atoms with van der Waals surface area (Å²) in [5, 5.41) is 16.0. The van der Waals surface area contributed by atoms with Gasteiger partial charge in [-0.2, -0.15) is 0 Å². The monoisotopic (exact) mass is 502 g/mol. The number of carbonyl (C=O) groups excluding carboxylic acids is 1. The maximum Gasteiger partial charge on any atom is 0.223 e. The predicted molar refractivity (Wildman–Crippen MR) is 125 cm³/mol. The van der Waals surface area contributed by atoms with Crippen LogP contribution in [0.25, 0.3) is 0 Å². The SMILES string of the molecule is CCNC(=NCC(C)(C)CO)NCC1CC(=O)N(CCc2ccccc2)C1.I. The number of nitrogens with zero attached hydrogens (tertiary/aromatic N) is 2. The zero-order valence-electron chi connectivity index (χ0n) is 17.3. The molecule has 1 fully saturated rings. The van der Waals surface area contributed by atoms with Gasteiger partial charge in [0, 0.05) is 50.5 Å². The van der Waals surface area contributed by atoms with E-state index in [-0.39, 0.29) is 41.9 Å². The van der Waals surface area contributed by atoms with Crippen LogP contribution < -0.4 is 10.6 Å². The molecule has 1 amide bonds. The van der Waals surface area contributed by atoms with Crippen molar-refractivity contribution < 1.29 is 9.90 Å². The number of rotatable bonds is 9. The van der Waals surface area contributed by atoms with Crippen LogP contribution in [0.3, 0.4) is 0 Å². The third-order valence-electron chi connectivity index (χ3n) is 4.80. The van der Waals surface area contributed by atoms with E-state index < -0.39 is 0 Å². The maximum atomic E-state index is 12.3. The van der Waals surface area contributed by atoms with E-state index in [1.807, 2.05) is 43.9 Å². The number of hydrogen-bond acceptors (Lipinski definition) is 3. The van der Waals surface area contributed by atoms with E-state index in [0.717, 1.165) is 38.6 Å². The van der Waals surface area contributed by atoms with Gasteiger partial charge in [-0.3, -0.25) is 9.79 Å². The van der Waals surface area contributed by atoms with Crippen molar-refractivity contribution in [2.24, 2.45) is 16.3 Å². The topological polar surface area (TPSA) is 77.0 Å². The Kier molecular flexibility index (Phi) is 10.8. The van der Waals surface area contributed by atoms with E-state index in [2.05, 4.69) is 27.8 Å². The van der Waals surface area contributed by atoms with Crippen LogP contribution in [0.15, 0.2) is 35.3 Å². The fraction of sp³-hybridized carbons (Fsp3) is 0.619. The van der Waals surface area contributed by atoms with Crippen LogP contribution >= 0.6 is 24.0 Å². The van der Waals surface area contributed by atoms with Gasteiger partial charge in [0.05, 0.1) is 6.54 Å². The van der Waals surface area contributed by atoms with Gasteiger partial charge in [-0.25, -0.2) is 0 Å². The molecule has 28 heavy (non-hydrogen) atoms. The van der Waals surface area contributed by atoms with Gasteiger partial charge in [0.25, 0.3) is 0 Å². The highest BCUT2D eigenvalue weighted by molar-refractivity contribution is 14.0. The van der Waals surface area contributed by atoms with Crippen LogP contribution in [0.4, 0.5) is 0 Å². The summed E-state index contributed by atoms with van der Waals surface area (Å²) in [5.74, 6) is 1.28. The van der Waals surface area contributed by atoms with Gasteiger partial charge in [-0.1, -0.05) is 44.2 Å². The zero-order chi connectivity index (χ0) is 19.7. The van der Waals surface area contributed by atoms with Crippen LogP contribution in [0.1, 0.15) is 32.8 Å². The second-order valence-electron chi connectivity index (χ2n) is 8.04. The van der Waals surface area contributed by atoms with E-state index in [1.165, 1.54) is 5.56 Å². The van der Waals surface area contributed by atoms with Gasteiger partial charge in [0.15, 0.2) is 5.96 Å². The Labute approximate surface area is 186 Å². The molecule has 1 heterocycles. The largest absolute Gasteiger partial charge is 0.396 e. The van der Waals surface area contributed by atoms with Crippen LogP contribution in [0, 0.1) is 11.3 Å². The first-order valence-electron chi connectivity index (χ1n) is 9.88. The Hall–Kier alpha value is -1.35.